The smallest absolute Gasteiger partial charge is 0.354 e. The Bertz CT molecular complexity index is 332. The van der Waals surface area contributed by atoms with Gasteiger partial charge in [0, 0.05) is 6.20 Å². The van der Waals surface area contributed by atoms with E-state index in [9.17, 15) is 4.79 Å². The first-order valence-electron chi connectivity index (χ1n) is 4.22. The zero-order valence-electron chi connectivity index (χ0n) is 8.03. The summed E-state index contributed by atoms with van der Waals surface area (Å²) in [6, 6.07) is 1.61. The highest BCUT2D eigenvalue weighted by molar-refractivity contribution is 5.85. The van der Waals surface area contributed by atoms with Gasteiger partial charge in [-0.1, -0.05) is 13.8 Å². The van der Waals surface area contributed by atoms with Crippen LogP contribution in [0, 0.1) is 6.92 Å². The number of nitrogens with zero attached hydrogens (tertiary/aromatic N) is 1. The van der Waals surface area contributed by atoms with Gasteiger partial charge in [-0.2, -0.15) is 0 Å². The molecule has 0 aromatic carbocycles. The summed E-state index contributed by atoms with van der Waals surface area (Å²) in [5, 5.41) is 8.68. The van der Waals surface area contributed by atoms with Crippen LogP contribution in [-0.4, -0.2) is 16.1 Å². The summed E-state index contributed by atoms with van der Waals surface area (Å²) in [4.78, 5) is 14.4. The van der Waals surface area contributed by atoms with Gasteiger partial charge in [-0.05, 0) is 30.0 Å². The maximum Gasteiger partial charge on any atom is 0.354 e. The van der Waals surface area contributed by atoms with Crippen LogP contribution in [-0.2, 0) is 0 Å². The molecule has 0 amide bonds. The average molecular weight is 179 g/mol. The molecule has 1 rings (SSSR count). The lowest BCUT2D eigenvalue weighted by molar-refractivity contribution is 0.0690. The van der Waals surface area contributed by atoms with Crippen molar-refractivity contribution in [2.75, 3.05) is 0 Å². The van der Waals surface area contributed by atoms with E-state index in [1.54, 1.807) is 12.3 Å². The molecule has 0 saturated heterocycles. The molecular weight excluding hydrogens is 166 g/mol. The Morgan fingerprint density at radius 3 is 2.54 bits per heavy atom. The van der Waals surface area contributed by atoms with Gasteiger partial charge in [0.25, 0.3) is 0 Å². The number of carboxylic acid groups (broad SMARTS) is 1. The van der Waals surface area contributed by atoms with E-state index in [1.165, 1.54) is 0 Å². The number of hydrogen-bond acceptors (Lipinski definition) is 2. The third-order valence-corrected chi connectivity index (χ3v) is 1.99. The van der Waals surface area contributed by atoms with Crippen molar-refractivity contribution in [3.05, 3.63) is 29.1 Å². The molecule has 0 atom stereocenters. The van der Waals surface area contributed by atoms with E-state index in [-0.39, 0.29) is 5.69 Å². The molecule has 0 saturated carbocycles. The van der Waals surface area contributed by atoms with Gasteiger partial charge >= 0.3 is 5.97 Å². The number of hydrogen-bond donors (Lipinski definition) is 1. The van der Waals surface area contributed by atoms with Crippen LogP contribution in [0.25, 0.3) is 0 Å². The number of rotatable bonds is 2. The lowest BCUT2D eigenvalue weighted by atomic mass is 10.00. The van der Waals surface area contributed by atoms with Crippen LogP contribution >= 0.6 is 0 Å². The summed E-state index contributed by atoms with van der Waals surface area (Å²) in [6.45, 7) is 6.03. The van der Waals surface area contributed by atoms with E-state index in [4.69, 9.17) is 5.11 Å². The predicted octanol–water partition coefficient (Wildman–Crippen LogP) is 2.21. The van der Waals surface area contributed by atoms with Gasteiger partial charge in [0.2, 0.25) is 0 Å². The van der Waals surface area contributed by atoms with Gasteiger partial charge in [0.15, 0.2) is 0 Å². The van der Waals surface area contributed by atoms with E-state index in [0.29, 0.717) is 5.92 Å². The normalized spacial score (nSPS) is 10.5. The molecule has 3 nitrogen and oxygen atoms in total. The van der Waals surface area contributed by atoms with E-state index in [0.717, 1.165) is 11.1 Å². The maximum absolute atomic E-state index is 10.6. The first-order chi connectivity index (χ1) is 6.02. The third-order valence-electron chi connectivity index (χ3n) is 1.99. The number of aryl methyl sites for hydroxylation is 1. The lowest BCUT2D eigenvalue weighted by Gasteiger charge is -2.08. The Kier molecular flexibility index (Phi) is 2.66. The number of carbonyl (C=O) groups is 1. The molecule has 0 spiro atoms. The van der Waals surface area contributed by atoms with Crippen molar-refractivity contribution in [2.24, 2.45) is 0 Å². The van der Waals surface area contributed by atoms with Crippen LogP contribution in [0.1, 0.15) is 41.4 Å². The average Bonchev–Trinajstić information content (AvgIpc) is 2.03. The van der Waals surface area contributed by atoms with Crippen LogP contribution in [0.15, 0.2) is 12.3 Å². The Labute approximate surface area is 77.4 Å². The van der Waals surface area contributed by atoms with Crippen LogP contribution in [0.3, 0.4) is 0 Å². The van der Waals surface area contributed by atoms with Crippen molar-refractivity contribution >= 4 is 5.97 Å². The Balaban J connectivity index is 3.13. The van der Waals surface area contributed by atoms with Crippen LogP contribution in [0.4, 0.5) is 0 Å². The van der Waals surface area contributed by atoms with Crippen molar-refractivity contribution in [2.45, 2.75) is 26.7 Å². The summed E-state index contributed by atoms with van der Waals surface area (Å²) >= 11 is 0. The highest BCUT2D eigenvalue weighted by atomic mass is 16.4. The fourth-order valence-electron chi connectivity index (χ4n) is 1.29. The van der Waals surface area contributed by atoms with Gasteiger partial charge in [-0.15, -0.1) is 0 Å². The second-order valence-corrected chi connectivity index (χ2v) is 3.39. The van der Waals surface area contributed by atoms with E-state index >= 15 is 0 Å². The summed E-state index contributed by atoms with van der Waals surface area (Å²) in [7, 11) is 0. The van der Waals surface area contributed by atoms with Gasteiger partial charge in [-0.3, -0.25) is 0 Å². The van der Waals surface area contributed by atoms with Gasteiger partial charge in [0.05, 0.1) is 0 Å². The second kappa shape index (κ2) is 3.56. The van der Waals surface area contributed by atoms with Crippen LogP contribution < -0.4 is 0 Å². The molecule has 3 heteroatoms. The summed E-state index contributed by atoms with van der Waals surface area (Å²) in [5.74, 6) is -0.589. The molecule has 0 aliphatic rings. The second-order valence-electron chi connectivity index (χ2n) is 3.39. The molecule has 0 radical (unpaired) electrons. The molecular formula is C10H13NO2. The fourth-order valence-corrected chi connectivity index (χ4v) is 1.29. The summed E-state index contributed by atoms with van der Waals surface area (Å²) in [6.07, 6.45) is 1.64. The standard InChI is InChI=1S/C10H13NO2/c1-6(2)8-5-11-9(10(12)13)4-7(8)3/h4-6H,1-3H3,(H,12,13). The Hall–Kier alpha value is -1.38. The lowest BCUT2D eigenvalue weighted by Crippen LogP contribution is -2.03. The topological polar surface area (TPSA) is 50.2 Å². The summed E-state index contributed by atoms with van der Waals surface area (Å²) in [5.41, 5.74) is 2.20. The molecule has 1 N–H and O–H groups in total. The first kappa shape index (κ1) is 9.71. The molecule has 0 fully saturated rings. The van der Waals surface area contributed by atoms with Crippen LogP contribution in [0.2, 0.25) is 0 Å². The quantitative estimate of drug-likeness (QED) is 0.757. The molecule has 1 aromatic rings. The van der Waals surface area contributed by atoms with E-state index < -0.39 is 5.97 Å². The molecule has 0 unspecified atom stereocenters. The van der Waals surface area contributed by atoms with Crippen molar-refractivity contribution in [3.8, 4) is 0 Å². The van der Waals surface area contributed by atoms with E-state index in [2.05, 4.69) is 18.8 Å². The minimum atomic E-state index is -0.974. The largest absolute Gasteiger partial charge is 0.477 e. The number of aromatic carboxylic acids is 1. The maximum atomic E-state index is 10.6. The number of aromatic nitrogens is 1. The zero-order chi connectivity index (χ0) is 10.0. The van der Waals surface area contributed by atoms with E-state index in [1.807, 2.05) is 6.92 Å². The molecule has 1 aromatic heterocycles. The highest BCUT2D eigenvalue weighted by Gasteiger charge is 2.08. The third kappa shape index (κ3) is 2.05. The Morgan fingerprint density at radius 1 is 1.54 bits per heavy atom. The highest BCUT2D eigenvalue weighted by Crippen LogP contribution is 2.18. The fraction of sp³-hybridized carbons (Fsp3) is 0.400. The van der Waals surface area contributed by atoms with Gasteiger partial charge < -0.3 is 5.11 Å². The monoisotopic (exact) mass is 179 g/mol. The van der Waals surface area contributed by atoms with Crippen LogP contribution in [0.5, 0.6) is 0 Å². The molecule has 70 valence electrons. The minimum Gasteiger partial charge on any atom is -0.477 e. The Morgan fingerprint density at radius 2 is 2.15 bits per heavy atom. The van der Waals surface area contributed by atoms with Gasteiger partial charge in [-0.25, -0.2) is 9.78 Å². The molecule has 0 aliphatic carbocycles. The van der Waals surface area contributed by atoms with Crippen molar-refractivity contribution in [1.29, 1.82) is 0 Å². The minimum absolute atomic E-state index is 0.113. The van der Waals surface area contributed by atoms with Gasteiger partial charge in [0.1, 0.15) is 5.69 Å². The number of pyridine rings is 1. The molecule has 13 heavy (non-hydrogen) atoms. The van der Waals surface area contributed by atoms with Crippen molar-refractivity contribution in [3.63, 3.8) is 0 Å². The SMILES string of the molecule is Cc1cc(C(=O)O)ncc1C(C)C. The van der Waals surface area contributed by atoms with Crippen molar-refractivity contribution in [1.82, 2.24) is 4.98 Å². The predicted molar refractivity (Wildman–Crippen MR) is 50.0 cm³/mol. The number of carboxylic acids is 1. The first-order valence-corrected chi connectivity index (χ1v) is 4.22. The summed E-state index contributed by atoms with van der Waals surface area (Å²) < 4.78 is 0. The molecule has 0 bridgehead atoms. The zero-order valence-corrected chi connectivity index (χ0v) is 8.03. The molecule has 1 heterocycles. The molecule has 0 aliphatic heterocycles. The van der Waals surface area contributed by atoms with Crippen molar-refractivity contribution < 1.29 is 9.90 Å².